The molecular formula is C17H23N3O3S. The van der Waals surface area contributed by atoms with Crippen molar-refractivity contribution < 1.29 is 13.7 Å². The Bertz CT molecular complexity index is 643. The fourth-order valence-corrected chi connectivity index (χ4v) is 3.93. The first-order valence-electron chi connectivity index (χ1n) is 8.17. The number of hydrogen-bond donors (Lipinski definition) is 1. The maximum Gasteiger partial charge on any atom is 0.224 e. The lowest BCUT2D eigenvalue weighted by Crippen LogP contribution is -2.42. The van der Waals surface area contributed by atoms with Crippen LogP contribution in [0.5, 0.6) is 0 Å². The lowest BCUT2D eigenvalue weighted by Gasteiger charge is -2.34. The summed E-state index contributed by atoms with van der Waals surface area (Å²) in [6, 6.07) is 2.13. The van der Waals surface area contributed by atoms with Crippen LogP contribution in [0.3, 0.4) is 0 Å². The van der Waals surface area contributed by atoms with Gasteiger partial charge in [-0.15, -0.1) is 0 Å². The van der Waals surface area contributed by atoms with Gasteiger partial charge in [0, 0.05) is 42.3 Å². The van der Waals surface area contributed by atoms with Crippen molar-refractivity contribution in [3.63, 3.8) is 0 Å². The second-order valence-corrected chi connectivity index (χ2v) is 7.23. The summed E-state index contributed by atoms with van der Waals surface area (Å²) in [6.45, 7) is 6.33. The van der Waals surface area contributed by atoms with Gasteiger partial charge in [-0.1, -0.05) is 5.16 Å². The summed E-state index contributed by atoms with van der Waals surface area (Å²) in [5.74, 6) is 2.95. The number of aromatic nitrogens is 1. The topological polar surface area (TPSA) is 71.5 Å². The lowest BCUT2D eigenvalue weighted by molar-refractivity contribution is -0.120. The maximum absolute atomic E-state index is 12.3. The smallest absolute Gasteiger partial charge is 0.224 e. The van der Waals surface area contributed by atoms with Gasteiger partial charge >= 0.3 is 0 Å². The van der Waals surface area contributed by atoms with Crippen molar-refractivity contribution in [3.8, 4) is 0 Å². The summed E-state index contributed by atoms with van der Waals surface area (Å²) in [5, 5.41) is 6.96. The van der Waals surface area contributed by atoms with Gasteiger partial charge < -0.3 is 14.3 Å². The second-order valence-electron chi connectivity index (χ2n) is 6.00. The van der Waals surface area contributed by atoms with Crippen molar-refractivity contribution in [1.29, 1.82) is 0 Å². The average Bonchev–Trinajstić information content (AvgIpc) is 3.22. The zero-order valence-corrected chi connectivity index (χ0v) is 14.9. The Kier molecular flexibility index (Phi) is 5.63. The predicted octanol–water partition coefficient (Wildman–Crippen LogP) is 2.33. The van der Waals surface area contributed by atoms with Gasteiger partial charge in [-0.3, -0.25) is 9.69 Å². The first-order valence-corrected chi connectivity index (χ1v) is 9.33. The molecule has 2 aromatic rings. The van der Waals surface area contributed by atoms with Gasteiger partial charge in [0.15, 0.2) is 0 Å². The van der Waals surface area contributed by atoms with Crippen molar-refractivity contribution in [1.82, 2.24) is 15.4 Å². The highest BCUT2D eigenvalue weighted by molar-refractivity contribution is 7.99. The van der Waals surface area contributed by atoms with Crippen LogP contribution in [0.2, 0.25) is 0 Å². The van der Waals surface area contributed by atoms with E-state index in [0.717, 1.165) is 41.4 Å². The van der Waals surface area contributed by atoms with Gasteiger partial charge in [0.1, 0.15) is 5.76 Å². The summed E-state index contributed by atoms with van der Waals surface area (Å²) in [4.78, 5) is 14.8. The van der Waals surface area contributed by atoms with Crippen molar-refractivity contribution in [2.75, 3.05) is 31.1 Å². The summed E-state index contributed by atoms with van der Waals surface area (Å²) in [6.07, 6.45) is 3.76. The molecule has 1 fully saturated rings. The number of thioether (sulfide) groups is 1. The van der Waals surface area contributed by atoms with Crippen LogP contribution in [-0.2, 0) is 11.2 Å². The third-order valence-corrected chi connectivity index (χ3v) is 5.37. The highest BCUT2D eigenvalue weighted by atomic mass is 32.2. The number of furan rings is 1. The molecule has 3 rings (SSSR count). The number of carbonyl (C=O) groups excluding carboxylic acids is 1. The minimum Gasteiger partial charge on any atom is -0.472 e. The van der Waals surface area contributed by atoms with E-state index in [0.29, 0.717) is 18.7 Å². The number of hydrogen-bond acceptors (Lipinski definition) is 6. The van der Waals surface area contributed by atoms with E-state index >= 15 is 0 Å². The van der Waals surface area contributed by atoms with E-state index in [1.54, 1.807) is 12.5 Å². The number of nitrogens with one attached hydrogen (secondary N) is 1. The van der Waals surface area contributed by atoms with E-state index in [-0.39, 0.29) is 11.9 Å². The number of aryl methyl sites for hydroxylation is 2. The lowest BCUT2D eigenvalue weighted by atomic mass is 10.1. The van der Waals surface area contributed by atoms with Crippen LogP contribution in [0.15, 0.2) is 27.5 Å². The van der Waals surface area contributed by atoms with Crippen LogP contribution in [0.4, 0.5) is 0 Å². The molecule has 0 unspecified atom stereocenters. The molecule has 0 spiro atoms. The molecule has 2 aromatic heterocycles. The molecule has 1 aliphatic heterocycles. The van der Waals surface area contributed by atoms with Gasteiger partial charge in [0.2, 0.25) is 5.91 Å². The van der Waals surface area contributed by atoms with E-state index in [4.69, 9.17) is 8.94 Å². The average molecular weight is 349 g/mol. The van der Waals surface area contributed by atoms with Gasteiger partial charge in [-0.05, 0) is 19.9 Å². The summed E-state index contributed by atoms with van der Waals surface area (Å²) >= 11 is 1.97. The summed E-state index contributed by atoms with van der Waals surface area (Å²) < 4.78 is 10.4. The number of nitrogens with zero attached hydrogens (tertiary/aromatic N) is 2. The minimum atomic E-state index is -0.00993. The summed E-state index contributed by atoms with van der Waals surface area (Å²) in [5.41, 5.74) is 2.77. The van der Waals surface area contributed by atoms with Gasteiger partial charge in [-0.2, -0.15) is 11.8 Å². The fourth-order valence-electron chi connectivity index (χ4n) is 3.00. The predicted molar refractivity (Wildman–Crippen MR) is 93.0 cm³/mol. The molecule has 0 radical (unpaired) electrons. The Labute approximate surface area is 145 Å². The van der Waals surface area contributed by atoms with Crippen LogP contribution < -0.4 is 5.32 Å². The molecule has 0 saturated carbocycles. The van der Waals surface area contributed by atoms with Crippen molar-refractivity contribution >= 4 is 17.7 Å². The SMILES string of the molecule is Cc1noc(C)c1CC(=O)NC[C@@H](c1ccoc1)N1CCSCC1. The van der Waals surface area contributed by atoms with E-state index in [1.807, 2.05) is 31.7 Å². The first kappa shape index (κ1) is 17.1. The normalized spacial score (nSPS) is 16.9. The Morgan fingerprint density at radius 2 is 2.21 bits per heavy atom. The van der Waals surface area contributed by atoms with Crippen LogP contribution in [-0.4, -0.2) is 47.1 Å². The molecule has 0 bridgehead atoms. The molecule has 3 heterocycles. The molecule has 1 aliphatic rings. The van der Waals surface area contributed by atoms with E-state index < -0.39 is 0 Å². The van der Waals surface area contributed by atoms with E-state index in [9.17, 15) is 4.79 Å². The third-order valence-electron chi connectivity index (χ3n) is 4.43. The standard InChI is InChI=1S/C17H23N3O3S/c1-12-15(13(2)23-19-12)9-17(21)18-10-16(14-3-6-22-11-14)20-4-7-24-8-5-20/h3,6,11,16H,4-5,7-10H2,1-2H3,(H,18,21)/t16-/m0/s1. The largest absolute Gasteiger partial charge is 0.472 e. The fraction of sp³-hybridized carbons (Fsp3) is 0.529. The van der Waals surface area contributed by atoms with Crippen LogP contribution in [0, 0.1) is 13.8 Å². The van der Waals surface area contributed by atoms with Crippen LogP contribution in [0.1, 0.15) is 28.6 Å². The Hall–Kier alpha value is -1.73. The molecule has 0 aliphatic carbocycles. The zero-order valence-electron chi connectivity index (χ0n) is 14.1. The zero-order chi connectivity index (χ0) is 16.9. The number of carbonyl (C=O) groups is 1. The molecule has 1 saturated heterocycles. The van der Waals surface area contributed by atoms with Crippen LogP contribution >= 0.6 is 11.8 Å². The highest BCUT2D eigenvalue weighted by Crippen LogP contribution is 2.24. The monoisotopic (exact) mass is 349 g/mol. The van der Waals surface area contributed by atoms with Gasteiger partial charge in [0.25, 0.3) is 0 Å². The molecule has 1 atom stereocenters. The number of amides is 1. The molecule has 1 amide bonds. The second kappa shape index (κ2) is 7.90. The Morgan fingerprint density at radius 1 is 1.42 bits per heavy atom. The van der Waals surface area contributed by atoms with Crippen molar-refractivity contribution in [2.45, 2.75) is 26.3 Å². The Balaban J connectivity index is 1.62. The highest BCUT2D eigenvalue weighted by Gasteiger charge is 2.24. The first-order chi connectivity index (χ1) is 11.6. The number of rotatable bonds is 6. The molecule has 1 N–H and O–H groups in total. The molecular weight excluding hydrogens is 326 g/mol. The Morgan fingerprint density at radius 3 is 2.83 bits per heavy atom. The molecule has 7 heteroatoms. The molecule has 24 heavy (non-hydrogen) atoms. The van der Waals surface area contributed by atoms with Crippen molar-refractivity contribution in [2.24, 2.45) is 0 Å². The van der Waals surface area contributed by atoms with Crippen molar-refractivity contribution in [3.05, 3.63) is 41.2 Å². The van der Waals surface area contributed by atoms with Crippen LogP contribution in [0.25, 0.3) is 0 Å². The van der Waals surface area contributed by atoms with E-state index in [1.165, 1.54) is 0 Å². The quantitative estimate of drug-likeness (QED) is 0.863. The van der Waals surface area contributed by atoms with Gasteiger partial charge in [-0.25, -0.2) is 0 Å². The minimum absolute atomic E-state index is 0.00993. The van der Waals surface area contributed by atoms with Gasteiger partial charge in [0.05, 0.1) is 30.7 Å². The summed E-state index contributed by atoms with van der Waals surface area (Å²) in [7, 11) is 0. The van der Waals surface area contributed by atoms with E-state index in [2.05, 4.69) is 15.4 Å². The third kappa shape index (κ3) is 4.02. The molecule has 0 aromatic carbocycles. The molecule has 6 nitrogen and oxygen atoms in total. The molecule has 130 valence electrons. The maximum atomic E-state index is 12.3.